The highest BCUT2D eigenvalue weighted by Crippen LogP contribution is 2.18. The van der Waals surface area contributed by atoms with Crippen LogP contribution in [0, 0.1) is 12.8 Å². The number of halogens is 1. The lowest BCUT2D eigenvalue weighted by atomic mass is 9.96. The van der Waals surface area contributed by atoms with Crippen LogP contribution in [-0.4, -0.2) is 54.9 Å². The standard InChI is InChI=1S/C14H25N5O2.HI/c1-11-17-13(18-21-11)10-16-14(15-2)19(3)7-4-12-5-8-20-9-6-12;/h12H,4-10H2,1-3H3,(H,15,16);1H. The first-order valence-electron chi connectivity index (χ1n) is 7.47. The summed E-state index contributed by atoms with van der Waals surface area (Å²) in [7, 11) is 3.84. The second-order valence-corrected chi connectivity index (χ2v) is 5.40. The van der Waals surface area contributed by atoms with Crippen molar-refractivity contribution in [1.29, 1.82) is 0 Å². The highest BCUT2D eigenvalue weighted by Gasteiger charge is 2.15. The summed E-state index contributed by atoms with van der Waals surface area (Å²) in [6, 6.07) is 0. The average Bonchev–Trinajstić information content (AvgIpc) is 2.92. The predicted octanol–water partition coefficient (Wildman–Crippen LogP) is 1.82. The molecule has 1 N–H and O–H groups in total. The molecule has 22 heavy (non-hydrogen) atoms. The minimum absolute atomic E-state index is 0. The largest absolute Gasteiger partial charge is 0.381 e. The van der Waals surface area contributed by atoms with Crippen molar-refractivity contribution in [3.63, 3.8) is 0 Å². The van der Waals surface area contributed by atoms with E-state index < -0.39 is 0 Å². The summed E-state index contributed by atoms with van der Waals surface area (Å²) >= 11 is 0. The summed E-state index contributed by atoms with van der Waals surface area (Å²) in [6.07, 6.45) is 3.51. The van der Waals surface area contributed by atoms with Gasteiger partial charge in [0, 0.05) is 40.8 Å². The Morgan fingerprint density at radius 1 is 1.41 bits per heavy atom. The first kappa shape index (κ1) is 19.1. The van der Waals surface area contributed by atoms with Gasteiger partial charge in [0.2, 0.25) is 5.89 Å². The fourth-order valence-electron chi connectivity index (χ4n) is 2.47. The molecular formula is C14H26IN5O2. The third kappa shape index (κ3) is 6.07. The smallest absolute Gasteiger partial charge is 0.223 e. The Labute approximate surface area is 148 Å². The average molecular weight is 423 g/mol. The van der Waals surface area contributed by atoms with Crippen molar-refractivity contribution in [1.82, 2.24) is 20.4 Å². The van der Waals surface area contributed by atoms with Crippen LogP contribution in [0.15, 0.2) is 9.52 Å². The highest BCUT2D eigenvalue weighted by molar-refractivity contribution is 14.0. The molecule has 1 aromatic heterocycles. The number of aliphatic imine (C=N–C) groups is 1. The molecule has 0 aromatic carbocycles. The minimum atomic E-state index is 0. The molecule has 0 aliphatic carbocycles. The molecule has 0 unspecified atom stereocenters. The van der Waals surface area contributed by atoms with Gasteiger partial charge in [-0.25, -0.2) is 0 Å². The lowest BCUT2D eigenvalue weighted by Crippen LogP contribution is -2.39. The minimum Gasteiger partial charge on any atom is -0.381 e. The maximum absolute atomic E-state index is 5.39. The zero-order chi connectivity index (χ0) is 15.1. The number of hydrogen-bond acceptors (Lipinski definition) is 5. The number of rotatable bonds is 5. The second kappa shape index (κ2) is 9.98. The zero-order valence-electron chi connectivity index (χ0n) is 13.5. The van der Waals surface area contributed by atoms with E-state index in [-0.39, 0.29) is 24.0 Å². The van der Waals surface area contributed by atoms with E-state index in [0.717, 1.165) is 31.6 Å². The van der Waals surface area contributed by atoms with Gasteiger partial charge in [0.05, 0.1) is 6.54 Å². The lowest BCUT2D eigenvalue weighted by Gasteiger charge is -2.26. The van der Waals surface area contributed by atoms with Gasteiger partial charge in [0.1, 0.15) is 0 Å². The van der Waals surface area contributed by atoms with Crippen molar-refractivity contribution in [3.05, 3.63) is 11.7 Å². The lowest BCUT2D eigenvalue weighted by molar-refractivity contribution is 0.0625. The van der Waals surface area contributed by atoms with Crippen LogP contribution < -0.4 is 5.32 Å². The third-order valence-electron chi connectivity index (χ3n) is 3.76. The van der Waals surface area contributed by atoms with E-state index in [1.807, 2.05) is 0 Å². The van der Waals surface area contributed by atoms with E-state index in [1.54, 1.807) is 14.0 Å². The van der Waals surface area contributed by atoms with Crippen molar-refractivity contribution in [2.45, 2.75) is 32.7 Å². The first-order valence-corrected chi connectivity index (χ1v) is 7.47. The molecule has 2 rings (SSSR count). The molecule has 1 aliphatic rings. The van der Waals surface area contributed by atoms with Crippen LogP contribution >= 0.6 is 24.0 Å². The Morgan fingerprint density at radius 3 is 2.73 bits per heavy atom. The fourth-order valence-corrected chi connectivity index (χ4v) is 2.47. The van der Waals surface area contributed by atoms with Crippen LogP contribution in [0.1, 0.15) is 31.0 Å². The summed E-state index contributed by atoms with van der Waals surface area (Å²) < 4.78 is 10.3. The van der Waals surface area contributed by atoms with E-state index in [9.17, 15) is 0 Å². The van der Waals surface area contributed by atoms with Gasteiger partial charge in [0.15, 0.2) is 11.8 Å². The normalized spacial score (nSPS) is 16.2. The molecule has 2 heterocycles. The van der Waals surface area contributed by atoms with Crippen LogP contribution in [0.4, 0.5) is 0 Å². The predicted molar refractivity (Wildman–Crippen MR) is 95.4 cm³/mol. The van der Waals surface area contributed by atoms with Crippen LogP contribution in [-0.2, 0) is 11.3 Å². The number of guanidine groups is 1. The summed E-state index contributed by atoms with van der Waals surface area (Å²) in [5, 5.41) is 7.12. The Kier molecular flexibility index (Phi) is 8.69. The molecule has 1 fully saturated rings. The van der Waals surface area contributed by atoms with Crippen molar-refractivity contribution < 1.29 is 9.26 Å². The Morgan fingerprint density at radius 2 is 2.14 bits per heavy atom. The monoisotopic (exact) mass is 423 g/mol. The van der Waals surface area contributed by atoms with Gasteiger partial charge in [0.25, 0.3) is 0 Å². The SMILES string of the molecule is CN=C(NCc1noc(C)n1)N(C)CCC1CCOCC1.I. The van der Waals surface area contributed by atoms with E-state index >= 15 is 0 Å². The van der Waals surface area contributed by atoms with Crippen LogP contribution in [0.25, 0.3) is 0 Å². The molecule has 1 aromatic rings. The highest BCUT2D eigenvalue weighted by atomic mass is 127. The molecule has 0 spiro atoms. The van der Waals surface area contributed by atoms with Gasteiger partial charge in [-0.05, 0) is 25.2 Å². The van der Waals surface area contributed by atoms with Crippen LogP contribution in [0.2, 0.25) is 0 Å². The number of nitrogens with one attached hydrogen (secondary N) is 1. The van der Waals surface area contributed by atoms with Gasteiger partial charge < -0.3 is 19.5 Å². The summed E-state index contributed by atoms with van der Waals surface area (Å²) in [5.74, 6) is 2.84. The molecule has 7 nitrogen and oxygen atoms in total. The van der Waals surface area contributed by atoms with Crippen molar-refractivity contribution in [2.24, 2.45) is 10.9 Å². The van der Waals surface area contributed by atoms with Crippen LogP contribution in [0.3, 0.4) is 0 Å². The molecule has 0 bridgehead atoms. The Balaban J connectivity index is 0.00000242. The molecule has 0 amide bonds. The van der Waals surface area contributed by atoms with Crippen molar-refractivity contribution >= 4 is 29.9 Å². The number of hydrogen-bond donors (Lipinski definition) is 1. The topological polar surface area (TPSA) is 75.8 Å². The van der Waals surface area contributed by atoms with Gasteiger partial charge in [-0.3, -0.25) is 4.99 Å². The van der Waals surface area contributed by atoms with E-state index in [2.05, 4.69) is 32.4 Å². The van der Waals surface area contributed by atoms with E-state index in [1.165, 1.54) is 19.3 Å². The molecule has 1 aliphatic heterocycles. The molecule has 0 saturated carbocycles. The van der Waals surface area contributed by atoms with E-state index in [4.69, 9.17) is 9.26 Å². The molecule has 0 radical (unpaired) electrons. The molecule has 1 saturated heterocycles. The maximum Gasteiger partial charge on any atom is 0.223 e. The third-order valence-corrected chi connectivity index (χ3v) is 3.76. The van der Waals surface area contributed by atoms with Gasteiger partial charge >= 0.3 is 0 Å². The molecular weight excluding hydrogens is 397 g/mol. The van der Waals surface area contributed by atoms with Gasteiger partial charge in [-0.15, -0.1) is 24.0 Å². The second-order valence-electron chi connectivity index (χ2n) is 5.40. The van der Waals surface area contributed by atoms with Crippen molar-refractivity contribution in [3.8, 4) is 0 Å². The van der Waals surface area contributed by atoms with E-state index in [0.29, 0.717) is 18.3 Å². The van der Waals surface area contributed by atoms with Crippen LogP contribution in [0.5, 0.6) is 0 Å². The summed E-state index contributed by atoms with van der Waals surface area (Å²) in [5.41, 5.74) is 0. The molecule has 126 valence electrons. The number of nitrogens with zero attached hydrogens (tertiary/aromatic N) is 4. The Bertz CT molecular complexity index is 460. The van der Waals surface area contributed by atoms with Gasteiger partial charge in [-0.1, -0.05) is 5.16 Å². The number of ether oxygens (including phenoxy) is 1. The summed E-state index contributed by atoms with van der Waals surface area (Å²) in [6.45, 7) is 5.09. The zero-order valence-corrected chi connectivity index (χ0v) is 15.9. The number of aromatic nitrogens is 2. The number of aryl methyl sites for hydroxylation is 1. The Hall–Kier alpha value is -0.900. The maximum atomic E-state index is 5.39. The molecule has 8 heteroatoms. The first-order chi connectivity index (χ1) is 10.2. The fraction of sp³-hybridized carbons (Fsp3) is 0.786. The quantitative estimate of drug-likeness (QED) is 0.443. The van der Waals surface area contributed by atoms with Gasteiger partial charge in [-0.2, -0.15) is 4.98 Å². The summed E-state index contributed by atoms with van der Waals surface area (Å²) in [4.78, 5) is 10.6. The molecule has 0 atom stereocenters. The van der Waals surface area contributed by atoms with Crippen molar-refractivity contribution in [2.75, 3.05) is 33.9 Å².